The van der Waals surface area contributed by atoms with Gasteiger partial charge in [-0.1, -0.05) is 23.7 Å². The Balaban J connectivity index is 1.13. The second kappa shape index (κ2) is 13.4. The van der Waals surface area contributed by atoms with Crippen molar-refractivity contribution >= 4 is 67.5 Å². The number of nitro groups is 1. The van der Waals surface area contributed by atoms with Crippen molar-refractivity contribution in [2.24, 2.45) is 5.10 Å². The summed E-state index contributed by atoms with van der Waals surface area (Å²) >= 11 is 10.9. The molecule has 0 radical (unpaired) electrons. The van der Waals surface area contributed by atoms with E-state index < -0.39 is 4.92 Å². The molecule has 9 nitrogen and oxygen atoms in total. The van der Waals surface area contributed by atoms with Crippen LogP contribution < -0.4 is 15.5 Å². The first-order valence-electron chi connectivity index (χ1n) is 12.4. The second-order valence-corrected chi connectivity index (χ2v) is 11.0. The van der Waals surface area contributed by atoms with Gasteiger partial charge in [0.05, 0.1) is 21.3 Å². The van der Waals surface area contributed by atoms with Crippen molar-refractivity contribution in [3.8, 4) is 17.0 Å². The van der Waals surface area contributed by atoms with E-state index in [-0.39, 0.29) is 18.2 Å². The van der Waals surface area contributed by atoms with Crippen molar-refractivity contribution in [1.29, 1.82) is 0 Å². The van der Waals surface area contributed by atoms with Gasteiger partial charge in [0.1, 0.15) is 12.4 Å². The first kappa shape index (κ1) is 28.9. The minimum absolute atomic E-state index is 0.0289. The number of non-ortho nitro benzene ring substituents is 1. The van der Waals surface area contributed by atoms with Crippen molar-refractivity contribution in [2.75, 3.05) is 5.32 Å². The van der Waals surface area contributed by atoms with Gasteiger partial charge in [-0.05, 0) is 93.8 Å². The molecular weight excluding hydrogens is 642 g/mol. The maximum absolute atomic E-state index is 12.6. The summed E-state index contributed by atoms with van der Waals surface area (Å²) in [5.41, 5.74) is 7.15. The van der Waals surface area contributed by atoms with Crippen LogP contribution in [0.3, 0.4) is 0 Å². The summed E-state index contributed by atoms with van der Waals surface area (Å²) in [6, 6.07) is 26.1. The molecule has 0 aliphatic heterocycles. The maximum Gasteiger partial charge on any atom is 0.271 e. The Kier molecular flexibility index (Phi) is 9.22. The molecule has 1 aromatic heterocycles. The first-order valence-corrected chi connectivity index (χ1v) is 14.5. The molecule has 0 aliphatic rings. The predicted octanol–water partition coefficient (Wildman–Crippen LogP) is 8.22. The Bertz CT molecular complexity index is 1740. The number of carbonyl (C=O) groups is 1. The molecule has 4 aromatic carbocycles. The van der Waals surface area contributed by atoms with Gasteiger partial charge in [-0.3, -0.25) is 14.9 Å². The fourth-order valence-electron chi connectivity index (χ4n) is 3.73. The SMILES string of the molecule is O=C(N/N=C\c1ccc(OCc2ccc([N+](=O)[O-])cc2)c(Br)c1)c1ccc(-c2csc(Nc3ccc(Cl)cc3)n2)cc1. The van der Waals surface area contributed by atoms with Gasteiger partial charge >= 0.3 is 0 Å². The van der Waals surface area contributed by atoms with Crippen LogP contribution in [0.15, 0.2) is 106 Å². The lowest BCUT2D eigenvalue weighted by atomic mass is 10.1. The van der Waals surface area contributed by atoms with E-state index in [1.807, 2.05) is 41.8 Å². The fourth-order valence-corrected chi connectivity index (χ4v) is 5.11. The van der Waals surface area contributed by atoms with Crippen molar-refractivity contribution in [3.63, 3.8) is 0 Å². The fraction of sp³-hybridized carbons (Fsp3) is 0.0333. The number of nitro benzene ring substituents is 1. The van der Waals surface area contributed by atoms with Gasteiger partial charge in [0.15, 0.2) is 5.13 Å². The molecule has 0 bridgehead atoms. The minimum atomic E-state index is -0.443. The molecule has 210 valence electrons. The Morgan fingerprint density at radius 2 is 1.79 bits per heavy atom. The van der Waals surface area contributed by atoms with Crippen LogP contribution in [0.5, 0.6) is 5.75 Å². The number of anilines is 2. The van der Waals surface area contributed by atoms with Gasteiger partial charge in [0.2, 0.25) is 0 Å². The van der Waals surface area contributed by atoms with Crippen LogP contribution in [-0.2, 0) is 6.61 Å². The summed E-state index contributed by atoms with van der Waals surface area (Å²) in [7, 11) is 0. The van der Waals surface area contributed by atoms with Crippen molar-refractivity contribution in [1.82, 2.24) is 10.4 Å². The lowest BCUT2D eigenvalue weighted by Gasteiger charge is -2.09. The van der Waals surface area contributed by atoms with Gasteiger partial charge in [-0.15, -0.1) is 11.3 Å². The second-order valence-electron chi connectivity index (χ2n) is 8.85. The maximum atomic E-state index is 12.6. The Morgan fingerprint density at radius 3 is 2.48 bits per heavy atom. The lowest BCUT2D eigenvalue weighted by molar-refractivity contribution is -0.384. The third-order valence-electron chi connectivity index (χ3n) is 5.92. The van der Waals surface area contributed by atoms with Gasteiger partial charge in [0, 0.05) is 39.3 Å². The third kappa shape index (κ3) is 7.58. The first-order chi connectivity index (χ1) is 20.3. The Morgan fingerprint density at radius 1 is 1.05 bits per heavy atom. The zero-order chi connectivity index (χ0) is 29.5. The van der Waals surface area contributed by atoms with E-state index in [0.29, 0.717) is 20.8 Å². The van der Waals surface area contributed by atoms with Crippen LogP contribution in [0.2, 0.25) is 5.02 Å². The van der Waals surface area contributed by atoms with Gasteiger partial charge in [0.25, 0.3) is 11.6 Å². The molecule has 0 fully saturated rings. The summed E-state index contributed by atoms with van der Waals surface area (Å²) in [4.78, 5) is 27.6. The average Bonchev–Trinajstić information content (AvgIpc) is 3.46. The van der Waals surface area contributed by atoms with Crippen LogP contribution in [0.25, 0.3) is 11.3 Å². The van der Waals surface area contributed by atoms with Crippen molar-refractivity contribution in [3.05, 3.63) is 133 Å². The molecule has 0 unspecified atom stereocenters. The van der Waals surface area contributed by atoms with Gasteiger partial charge in [-0.2, -0.15) is 5.10 Å². The monoisotopic (exact) mass is 661 g/mol. The van der Waals surface area contributed by atoms with E-state index >= 15 is 0 Å². The molecular formula is C30H21BrClN5O4S. The minimum Gasteiger partial charge on any atom is -0.488 e. The number of hydrazone groups is 1. The quantitative estimate of drug-likeness (QED) is 0.0884. The number of hydrogen-bond acceptors (Lipinski definition) is 8. The van der Waals surface area contributed by atoms with E-state index in [1.165, 1.54) is 29.7 Å². The van der Waals surface area contributed by atoms with E-state index in [2.05, 4.69) is 36.8 Å². The highest BCUT2D eigenvalue weighted by atomic mass is 79.9. The van der Waals surface area contributed by atoms with E-state index in [0.717, 1.165) is 33.2 Å². The van der Waals surface area contributed by atoms with Crippen molar-refractivity contribution < 1.29 is 14.5 Å². The molecule has 0 aliphatic carbocycles. The zero-order valence-electron chi connectivity index (χ0n) is 21.7. The number of rotatable bonds is 10. The Hall–Kier alpha value is -4.58. The molecule has 5 aromatic rings. The average molecular weight is 663 g/mol. The van der Waals surface area contributed by atoms with E-state index in [4.69, 9.17) is 16.3 Å². The molecule has 0 saturated heterocycles. The van der Waals surface area contributed by atoms with Gasteiger partial charge in [-0.25, -0.2) is 10.4 Å². The molecule has 1 heterocycles. The van der Waals surface area contributed by atoms with E-state index in [9.17, 15) is 14.9 Å². The Labute approximate surface area is 258 Å². The molecule has 0 spiro atoms. The summed E-state index contributed by atoms with van der Waals surface area (Å²) < 4.78 is 6.51. The van der Waals surface area contributed by atoms with Crippen molar-refractivity contribution in [2.45, 2.75) is 6.61 Å². The zero-order valence-corrected chi connectivity index (χ0v) is 24.8. The largest absolute Gasteiger partial charge is 0.488 e. The molecule has 2 N–H and O–H groups in total. The molecule has 1 amide bonds. The smallest absolute Gasteiger partial charge is 0.271 e. The number of halogens is 2. The normalized spacial score (nSPS) is 10.9. The highest BCUT2D eigenvalue weighted by Gasteiger charge is 2.09. The van der Waals surface area contributed by atoms with Crippen LogP contribution >= 0.6 is 38.9 Å². The number of carbonyl (C=O) groups excluding carboxylic acids is 1. The van der Waals surface area contributed by atoms with Crippen LogP contribution in [0.4, 0.5) is 16.5 Å². The number of aromatic nitrogens is 1. The molecule has 0 saturated carbocycles. The number of thiazole rings is 1. The topological polar surface area (TPSA) is 119 Å². The van der Waals surface area contributed by atoms with Crippen LogP contribution in [-0.4, -0.2) is 22.0 Å². The van der Waals surface area contributed by atoms with E-state index in [1.54, 1.807) is 42.5 Å². The van der Waals surface area contributed by atoms with Crippen LogP contribution in [0.1, 0.15) is 21.5 Å². The number of nitrogens with zero attached hydrogens (tertiary/aromatic N) is 3. The number of nitrogens with one attached hydrogen (secondary N) is 2. The predicted molar refractivity (Wildman–Crippen MR) is 169 cm³/mol. The molecule has 0 atom stereocenters. The number of ether oxygens (including phenoxy) is 1. The molecule has 42 heavy (non-hydrogen) atoms. The third-order valence-corrected chi connectivity index (χ3v) is 7.55. The summed E-state index contributed by atoms with van der Waals surface area (Å²) in [5, 5.41) is 21.5. The highest BCUT2D eigenvalue weighted by Crippen LogP contribution is 2.28. The number of benzene rings is 4. The number of amides is 1. The molecule has 5 rings (SSSR count). The lowest BCUT2D eigenvalue weighted by Crippen LogP contribution is -2.17. The highest BCUT2D eigenvalue weighted by molar-refractivity contribution is 9.10. The summed E-state index contributed by atoms with van der Waals surface area (Å²) in [6.07, 6.45) is 1.53. The molecule has 12 heteroatoms. The standard InChI is InChI=1S/C30H21BrClN5O4S/c31-26-15-20(3-14-28(26)41-17-19-1-12-25(13-2-19)37(39)40)16-33-36-29(38)22-6-4-21(5-7-22)27-18-42-30(35-27)34-24-10-8-23(32)9-11-24/h1-16,18H,17H2,(H,34,35)(H,36,38)/b33-16-. The summed E-state index contributed by atoms with van der Waals surface area (Å²) in [6.45, 7) is 0.253. The number of hydrogen-bond donors (Lipinski definition) is 2. The van der Waals surface area contributed by atoms with Crippen LogP contribution in [0, 0.1) is 10.1 Å². The van der Waals surface area contributed by atoms with Gasteiger partial charge < -0.3 is 10.1 Å². The summed E-state index contributed by atoms with van der Waals surface area (Å²) in [5.74, 6) is 0.255.